The number of imidazole rings is 1. The zero-order valence-electron chi connectivity index (χ0n) is 12.1. The van der Waals surface area contributed by atoms with E-state index in [0.29, 0.717) is 12.6 Å². The lowest BCUT2D eigenvalue weighted by Crippen LogP contribution is -2.34. The molecule has 0 atom stereocenters. The number of rotatable bonds is 6. The molecule has 2 aromatic heterocycles. The number of amides is 1. The van der Waals surface area contributed by atoms with Gasteiger partial charge in [-0.2, -0.15) is 0 Å². The monoisotopic (exact) mass is 285 g/mol. The molecule has 0 saturated heterocycles. The van der Waals surface area contributed by atoms with Crippen LogP contribution in [0.2, 0.25) is 0 Å². The molecule has 3 rings (SSSR count). The number of nitrogens with one attached hydrogen (secondary N) is 1. The van der Waals surface area contributed by atoms with Gasteiger partial charge in [-0.05, 0) is 31.5 Å². The van der Waals surface area contributed by atoms with E-state index in [9.17, 15) is 4.79 Å². The average Bonchev–Trinajstić information content (AvgIpc) is 3.20. The molecular weight excluding hydrogens is 266 g/mol. The smallest absolute Gasteiger partial charge is 0.238 e. The topological polar surface area (TPSA) is 63.1 Å². The molecule has 1 aliphatic rings. The average molecular weight is 285 g/mol. The standard InChI is InChI=1S/C15H19N5O/c1-2-19(13-4-5-13)10-15(21)18-12-3-6-14(17-9-12)20-8-7-16-11-20/h3,6-9,11,13H,2,4-5,10H2,1H3,(H,18,21). The summed E-state index contributed by atoms with van der Waals surface area (Å²) >= 11 is 0. The molecule has 2 aromatic rings. The van der Waals surface area contributed by atoms with Crippen LogP contribution < -0.4 is 5.32 Å². The highest BCUT2D eigenvalue weighted by atomic mass is 16.2. The molecule has 0 aromatic carbocycles. The summed E-state index contributed by atoms with van der Waals surface area (Å²) in [6.07, 6.45) is 9.31. The number of likely N-dealkylation sites (N-methyl/N-ethyl adjacent to an activating group) is 1. The summed E-state index contributed by atoms with van der Waals surface area (Å²) in [5, 5.41) is 2.89. The first-order valence-corrected chi connectivity index (χ1v) is 7.24. The third kappa shape index (κ3) is 3.46. The fraction of sp³-hybridized carbons (Fsp3) is 0.400. The molecule has 1 amide bonds. The molecule has 1 N–H and O–H groups in total. The highest BCUT2D eigenvalue weighted by molar-refractivity contribution is 5.92. The summed E-state index contributed by atoms with van der Waals surface area (Å²) in [4.78, 5) is 22.5. The van der Waals surface area contributed by atoms with Crippen LogP contribution in [0.4, 0.5) is 5.69 Å². The highest BCUT2D eigenvalue weighted by Gasteiger charge is 2.28. The number of carbonyl (C=O) groups excluding carboxylic acids is 1. The molecule has 2 heterocycles. The zero-order chi connectivity index (χ0) is 14.7. The Balaban J connectivity index is 1.58. The minimum Gasteiger partial charge on any atom is -0.324 e. The van der Waals surface area contributed by atoms with Crippen molar-refractivity contribution in [3.05, 3.63) is 37.1 Å². The van der Waals surface area contributed by atoms with Crippen LogP contribution in [0.1, 0.15) is 19.8 Å². The van der Waals surface area contributed by atoms with Gasteiger partial charge in [0.2, 0.25) is 5.91 Å². The van der Waals surface area contributed by atoms with E-state index in [1.54, 1.807) is 18.7 Å². The number of aromatic nitrogens is 3. The van der Waals surface area contributed by atoms with Crippen LogP contribution in [0.3, 0.4) is 0 Å². The lowest BCUT2D eigenvalue weighted by atomic mass is 10.3. The van der Waals surface area contributed by atoms with Gasteiger partial charge in [-0.3, -0.25) is 14.3 Å². The van der Waals surface area contributed by atoms with Crippen LogP contribution in [-0.4, -0.2) is 44.5 Å². The molecule has 110 valence electrons. The lowest BCUT2D eigenvalue weighted by Gasteiger charge is -2.18. The van der Waals surface area contributed by atoms with Crippen molar-refractivity contribution in [1.29, 1.82) is 0 Å². The predicted molar refractivity (Wildman–Crippen MR) is 80.3 cm³/mol. The Kier molecular flexibility index (Phi) is 3.96. The minimum absolute atomic E-state index is 0.0148. The Morgan fingerprint density at radius 2 is 2.33 bits per heavy atom. The lowest BCUT2D eigenvalue weighted by molar-refractivity contribution is -0.117. The second-order valence-electron chi connectivity index (χ2n) is 5.22. The van der Waals surface area contributed by atoms with E-state index in [2.05, 4.69) is 27.1 Å². The first kappa shape index (κ1) is 13.8. The number of hydrogen-bond donors (Lipinski definition) is 1. The number of anilines is 1. The number of nitrogens with zero attached hydrogens (tertiary/aromatic N) is 4. The molecule has 0 aliphatic heterocycles. The maximum atomic E-state index is 12.0. The molecule has 0 bridgehead atoms. The Bertz CT molecular complexity index is 589. The van der Waals surface area contributed by atoms with E-state index in [0.717, 1.165) is 18.1 Å². The van der Waals surface area contributed by atoms with Gasteiger partial charge in [0.05, 0.1) is 18.4 Å². The maximum Gasteiger partial charge on any atom is 0.238 e. The van der Waals surface area contributed by atoms with Gasteiger partial charge in [0.1, 0.15) is 12.1 Å². The second-order valence-corrected chi connectivity index (χ2v) is 5.22. The van der Waals surface area contributed by atoms with E-state index in [1.807, 2.05) is 22.9 Å². The van der Waals surface area contributed by atoms with Gasteiger partial charge in [-0.25, -0.2) is 9.97 Å². The number of pyridine rings is 1. The summed E-state index contributed by atoms with van der Waals surface area (Å²) < 4.78 is 1.82. The van der Waals surface area contributed by atoms with Crippen molar-refractivity contribution in [3.63, 3.8) is 0 Å². The molecule has 0 radical (unpaired) electrons. The minimum atomic E-state index is 0.0148. The third-order valence-corrected chi connectivity index (χ3v) is 3.62. The molecule has 6 nitrogen and oxygen atoms in total. The zero-order valence-corrected chi connectivity index (χ0v) is 12.1. The van der Waals surface area contributed by atoms with E-state index in [-0.39, 0.29) is 5.91 Å². The van der Waals surface area contributed by atoms with Crippen molar-refractivity contribution in [2.45, 2.75) is 25.8 Å². The van der Waals surface area contributed by atoms with Gasteiger partial charge >= 0.3 is 0 Å². The quantitative estimate of drug-likeness (QED) is 0.877. The SMILES string of the molecule is CCN(CC(=O)Nc1ccc(-n2ccnc2)nc1)C1CC1. The van der Waals surface area contributed by atoms with Crippen LogP contribution in [0.15, 0.2) is 37.1 Å². The molecule has 0 unspecified atom stereocenters. The Labute approximate surface area is 123 Å². The summed E-state index contributed by atoms with van der Waals surface area (Å²) in [5.74, 6) is 0.791. The van der Waals surface area contributed by atoms with Gasteiger partial charge < -0.3 is 5.32 Å². The summed E-state index contributed by atoms with van der Waals surface area (Å²) in [7, 11) is 0. The first-order chi connectivity index (χ1) is 10.3. The van der Waals surface area contributed by atoms with Gasteiger partial charge in [0, 0.05) is 18.4 Å². The van der Waals surface area contributed by atoms with Crippen LogP contribution >= 0.6 is 0 Å². The van der Waals surface area contributed by atoms with Crippen LogP contribution in [0.25, 0.3) is 5.82 Å². The third-order valence-electron chi connectivity index (χ3n) is 3.62. The molecule has 21 heavy (non-hydrogen) atoms. The Morgan fingerprint density at radius 1 is 1.48 bits per heavy atom. The van der Waals surface area contributed by atoms with Gasteiger partial charge in [-0.15, -0.1) is 0 Å². The van der Waals surface area contributed by atoms with Gasteiger partial charge in [0.25, 0.3) is 0 Å². The predicted octanol–water partition coefficient (Wildman–Crippen LogP) is 1.69. The number of hydrogen-bond acceptors (Lipinski definition) is 4. The van der Waals surface area contributed by atoms with E-state index in [4.69, 9.17) is 0 Å². The Hall–Kier alpha value is -2.21. The van der Waals surface area contributed by atoms with E-state index >= 15 is 0 Å². The van der Waals surface area contributed by atoms with Crippen molar-refractivity contribution in [2.24, 2.45) is 0 Å². The largest absolute Gasteiger partial charge is 0.324 e. The molecule has 1 aliphatic carbocycles. The maximum absolute atomic E-state index is 12.0. The van der Waals surface area contributed by atoms with Crippen molar-refractivity contribution < 1.29 is 4.79 Å². The summed E-state index contributed by atoms with van der Waals surface area (Å²) in [6, 6.07) is 4.31. The molecule has 0 spiro atoms. The van der Waals surface area contributed by atoms with Crippen molar-refractivity contribution in [2.75, 3.05) is 18.4 Å². The highest BCUT2D eigenvalue weighted by Crippen LogP contribution is 2.26. The van der Waals surface area contributed by atoms with E-state index in [1.165, 1.54) is 12.8 Å². The molecule has 6 heteroatoms. The van der Waals surface area contributed by atoms with Crippen LogP contribution in [-0.2, 0) is 4.79 Å². The molecular formula is C15H19N5O. The summed E-state index contributed by atoms with van der Waals surface area (Å²) in [6.45, 7) is 3.45. The second kappa shape index (κ2) is 6.05. The van der Waals surface area contributed by atoms with Crippen LogP contribution in [0.5, 0.6) is 0 Å². The molecule has 1 fully saturated rings. The summed E-state index contributed by atoms with van der Waals surface area (Å²) in [5.41, 5.74) is 0.718. The first-order valence-electron chi connectivity index (χ1n) is 7.24. The fourth-order valence-electron chi connectivity index (χ4n) is 2.33. The normalized spacial score (nSPS) is 14.4. The van der Waals surface area contributed by atoms with Crippen LogP contribution in [0, 0.1) is 0 Å². The van der Waals surface area contributed by atoms with Gasteiger partial charge in [-0.1, -0.05) is 6.92 Å². The van der Waals surface area contributed by atoms with Crippen molar-refractivity contribution in [3.8, 4) is 5.82 Å². The fourth-order valence-corrected chi connectivity index (χ4v) is 2.33. The van der Waals surface area contributed by atoms with Gasteiger partial charge in [0.15, 0.2) is 0 Å². The van der Waals surface area contributed by atoms with Crippen molar-refractivity contribution in [1.82, 2.24) is 19.4 Å². The number of carbonyl (C=O) groups is 1. The Morgan fingerprint density at radius 3 is 2.90 bits per heavy atom. The van der Waals surface area contributed by atoms with Crippen molar-refractivity contribution >= 4 is 11.6 Å². The molecule has 1 saturated carbocycles. The van der Waals surface area contributed by atoms with E-state index < -0.39 is 0 Å².